The van der Waals surface area contributed by atoms with Gasteiger partial charge in [-0.2, -0.15) is 0 Å². The number of nitrogens with zero attached hydrogens (tertiary/aromatic N) is 4. The molecule has 0 N–H and O–H groups in total. The SMILES string of the molecule is CCOC(=O)C1=C(C)N=c2s/c(=C\c3ccc(Sc4nc5ccc(N6C(=O)c7ccccc7C6=O)cc5s4)o3)c(=O)n2[C@@H]1c1ccc(OC)c(OC)c1. The van der Waals surface area contributed by atoms with Crippen LogP contribution < -0.4 is 29.3 Å². The van der Waals surface area contributed by atoms with Crippen molar-refractivity contribution in [3.05, 3.63) is 126 Å². The summed E-state index contributed by atoms with van der Waals surface area (Å²) in [6, 6.07) is 20.0. The van der Waals surface area contributed by atoms with Crippen LogP contribution in [0.5, 0.6) is 11.5 Å². The van der Waals surface area contributed by atoms with E-state index in [-0.39, 0.29) is 29.6 Å². The highest BCUT2D eigenvalue weighted by molar-refractivity contribution is 8.01. The summed E-state index contributed by atoms with van der Waals surface area (Å²) in [6.45, 7) is 3.60. The lowest BCUT2D eigenvalue weighted by molar-refractivity contribution is -0.139. The number of hydrogen-bond acceptors (Lipinski definition) is 13. The molecule has 15 heteroatoms. The smallest absolute Gasteiger partial charge is 0.338 e. The summed E-state index contributed by atoms with van der Waals surface area (Å²) in [4.78, 5) is 64.4. The first kappa shape index (κ1) is 34.3. The lowest BCUT2D eigenvalue weighted by atomic mass is 9.95. The number of anilines is 1. The van der Waals surface area contributed by atoms with Crippen molar-refractivity contribution < 1.29 is 33.0 Å². The van der Waals surface area contributed by atoms with Crippen LogP contribution in [0.3, 0.4) is 0 Å². The second kappa shape index (κ2) is 13.7. The number of rotatable bonds is 9. The van der Waals surface area contributed by atoms with Crippen molar-refractivity contribution in [3.63, 3.8) is 0 Å². The van der Waals surface area contributed by atoms with Crippen LogP contribution in [0.2, 0.25) is 0 Å². The van der Waals surface area contributed by atoms with Crippen LogP contribution in [0.25, 0.3) is 16.3 Å². The number of thiazole rings is 2. The average Bonchev–Trinajstić information content (AvgIpc) is 3.91. The number of furan rings is 1. The molecule has 5 heterocycles. The Kier molecular flexibility index (Phi) is 8.84. The molecule has 2 aliphatic heterocycles. The van der Waals surface area contributed by atoms with E-state index in [4.69, 9.17) is 23.6 Å². The number of carbonyl (C=O) groups is 3. The first-order chi connectivity index (χ1) is 25.7. The van der Waals surface area contributed by atoms with E-state index in [1.807, 2.05) is 0 Å². The topological polar surface area (TPSA) is 143 Å². The van der Waals surface area contributed by atoms with Crippen molar-refractivity contribution in [2.24, 2.45) is 4.99 Å². The number of esters is 1. The maximum absolute atomic E-state index is 14.1. The van der Waals surface area contributed by atoms with Gasteiger partial charge in [-0.3, -0.25) is 19.0 Å². The molecule has 53 heavy (non-hydrogen) atoms. The van der Waals surface area contributed by atoms with Gasteiger partial charge in [-0.1, -0.05) is 29.5 Å². The van der Waals surface area contributed by atoms with Gasteiger partial charge in [0.05, 0.1) is 69.7 Å². The number of benzene rings is 3. The van der Waals surface area contributed by atoms with Gasteiger partial charge in [0.15, 0.2) is 25.7 Å². The maximum Gasteiger partial charge on any atom is 0.338 e. The van der Waals surface area contributed by atoms with E-state index in [1.165, 1.54) is 58.1 Å². The van der Waals surface area contributed by atoms with Crippen molar-refractivity contribution in [1.29, 1.82) is 0 Å². The minimum absolute atomic E-state index is 0.158. The van der Waals surface area contributed by atoms with E-state index in [1.54, 1.807) is 92.7 Å². The van der Waals surface area contributed by atoms with Crippen LogP contribution in [-0.2, 0) is 9.53 Å². The summed E-state index contributed by atoms with van der Waals surface area (Å²) in [6.07, 6.45) is 1.65. The second-order valence-corrected chi connectivity index (χ2v) is 15.1. The number of hydrogen-bond donors (Lipinski definition) is 0. The van der Waals surface area contributed by atoms with Crippen molar-refractivity contribution in [2.45, 2.75) is 29.3 Å². The zero-order valence-corrected chi connectivity index (χ0v) is 31.0. The van der Waals surface area contributed by atoms with Crippen molar-refractivity contribution in [1.82, 2.24) is 9.55 Å². The van der Waals surface area contributed by atoms with Crippen LogP contribution in [-0.4, -0.2) is 48.2 Å². The number of allylic oxidation sites excluding steroid dienone is 1. The highest BCUT2D eigenvalue weighted by Gasteiger charge is 2.37. The van der Waals surface area contributed by atoms with E-state index < -0.39 is 12.0 Å². The summed E-state index contributed by atoms with van der Waals surface area (Å²) in [5, 5.41) is 0.548. The Labute approximate surface area is 313 Å². The molecular formula is C38H28N4O8S3. The standard InChI is InChI=1S/C38H28N4O8S3/c1-5-49-36(46)31-19(2)39-37-42(32(31)20-10-14-26(47-3)27(16-20)48-4)35(45)29(51-37)18-22-12-15-30(50-22)53-38-40-25-13-11-21(17-28(25)52-38)41-33(43)23-8-6-7-9-24(23)34(41)44/h6-18,32H,5H2,1-4H3/b29-18-/t32-/m1/s1. The Balaban J connectivity index is 1.09. The Morgan fingerprint density at radius 3 is 2.42 bits per heavy atom. The summed E-state index contributed by atoms with van der Waals surface area (Å²) in [7, 11) is 3.05. The summed E-state index contributed by atoms with van der Waals surface area (Å²) in [5.74, 6) is 0.115. The molecule has 0 bridgehead atoms. The largest absolute Gasteiger partial charge is 0.493 e. The Morgan fingerprint density at radius 1 is 0.943 bits per heavy atom. The van der Waals surface area contributed by atoms with Gasteiger partial charge in [0.25, 0.3) is 17.4 Å². The quantitative estimate of drug-likeness (QED) is 0.128. The van der Waals surface area contributed by atoms with Crippen LogP contribution >= 0.6 is 34.4 Å². The molecule has 0 unspecified atom stereocenters. The molecule has 0 radical (unpaired) electrons. The number of amides is 2. The summed E-state index contributed by atoms with van der Waals surface area (Å²) < 4.78 is 25.8. The lowest BCUT2D eigenvalue weighted by Crippen LogP contribution is -2.39. The zero-order valence-electron chi connectivity index (χ0n) is 28.6. The number of imide groups is 1. The predicted octanol–water partition coefficient (Wildman–Crippen LogP) is 5.97. The minimum atomic E-state index is -0.827. The van der Waals surface area contributed by atoms with Crippen LogP contribution in [0.4, 0.5) is 5.69 Å². The van der Waals surface area contributed by atoms with E-state index in [0.717, 1.165) is 4.70 Å². The molecule has 12 nitrogen and oxygen atoms in total. The normalized spacial score (nSPS) is 15.5. The van der Waals surface area contributed by atoms with E-state index in [9.17, 15) is 19.2 Å². The Hall–Kier alpha value is -5.77. The molecule has 8 rings (SSSR count). The lowest BCUT2D eigenvalue weighted by Gasteiger charge is -2.25. The number of carbonyl (C=O) groups excluding carboxylic acids is 3. The first-order valence-corrected chi connectivity index (χ1v) is 18.7. The fraction of sp³-hybridized carbons (Fsp3) is 0.158. The number of methoxy groups -OCH3 is 2. The molecular weight excluding hydrogens is 737 g/mol. The van der Waals surface area contributed by atoms with Gasteiger partial charge in [0.2, 0.25) is 0 Å². The molecule has 6 aromatic rings. The maximum atomic E-state index is 14.1. The number of aromatic nitrogens is 2. The van der Waals surface area contributed by atoms with Gasteiger partial charge in [0.1, 0.15) is 5.76 Å². The van der Waals surface area contributed by atoms with E-state index >= 15 is 0 Å². The van der Waals surface area contributed by atoms with E-state index in [2.05, 4.69) is 4.99 Å². The molecule has 2 aliphatic rings. The predicted molar refractivity (Wildman–Crippen MR) is 200 cm³/mol. The minimum Gasteiger partial charge on any atom is -0.493 e. The third kappa shape index (κ3) is 5.96. The average molecular weight is 765 g/mol. The van der Waals surface area contributed by atoms with Crippen molar-refractivity contribution in [2.75, 3.05) is 25.7 Å². The molecule has 1 atom stereocenters. The molecule has 3 aromatic carbocycles. The molecule has 0 aliphatic carbocycles. The zero-order chi connectivity index (χ0) is 37.0. The van der Waals surface area contributed by atoms with Crippen molar-refractivity contribution in [3.8, 4) is 11.5 Å². The summed E-state index contributed by atoms with van der Waals surface area (Å²) in [5.41, 5.74) is 2.92. The molecule has 3 aromatic heterocycles. The fourth-order valence-corrected chi connectivity index (χ4v) is 9.34. The Bertz CT molecular complexity index is 2690. The number of fused-ring (bicyclic) bond motifs is 3. The van der Waals surface area contributed by atoms with Gasteiger partial charge in [-0.15, -0.1) is 11.3 Å². The third-order valence-electron chi connectivity index (χ3n) is 8.71. The van der Waals surface area contributed by atoms with Crippen molar-refractivity contribution >= 4 is 74.2 Å². The van der Waals surface area contributed by atoms with Gasteiger partial charge in [-0.25, -0.2) is 19.7 Å². The van der Waals surface area contributed by atoms with Gasteiger partial charge >= 0.3 is 5.97 Å². The third-order valence-corrected chi connectivity index (χ3v) is 11.7. The van der Waals surface area contributed by atoms with Crippen LogP contribution in [0, 0.1) is 0 Å². The molecule has 0 saturated carbocycles. The summed E-state index contributed by atoms with van der Waals surface area (Å²) >= 11 is 3.90. The number of ether oxygens (including phenoxy) is 3. The van der Waals surface area contributed by atoms with E-state index in [0.29, 0.717) is 69.6 Å². The highest BCUT2D eigenvalue weighted by Crippen LogP contribution is 2.39. The van der Waals surface area contributed by atoms with Crippen LogP contribution in [0.15, 0.2) is 108 Å². The van der Waals surface area contributed by atoms with Gasteiger partial charge < -0.3 is 18.6 Å². The second-order valence-electron chi connectivity index (χ2n) is 11.8. The van der Waals surface area contributed by atoms with Gasteiger partial charge in [-0.05, 0) is 85.8 Å². The fourth-order valence-electron chi connectivity index (χ4n) is 6.31. The molecule has 0 spiro atoms. The monoisotopic (exact) mass is 764 g/mol. The molecule has 0 fully saturated rings. The Morgan fingerprint density at radius 2 is 1.70 bits per heavy atom. The molecule has 0 saturated heterocycles. The highest BCUT2D eigenvalue weighted by atomic mass is 32.2. The first-order valence-electron chi connectivity index (χ1n) is 16.3. The molecule has 266 valence electrons. The van der Waals surface area contributed by atoms with Crippen LogP contribution in [0.1, 0.15) is 51.9 Å². The van der Waals surface area contributed by atoms with Gasteiger partial charge in [0, 0.05) is 6.08 Å². The molecule has 2 amide bonds.